The number of hydrogen-bond donors (Lipinski definition) is 1. The highest BCUT2D eigenvalue weighted by molar-refractivity contribution is 5.76. The van der Waals surface area contributed by atoms with Crippen LogP contribution in [0.4, 0.5) is 4.79 Å². The number of nitrogens with one attached hydrogen (secondary N) is 1. The molecule has 0 radical (unpaired) electrons. The van der Waals surface area contributed by atoms with Crippen LogP contribution in [0.3, 0.4) is 0 Å². The highest BCUT2D eigenvalue weighted by Gasteiger charge is 2.11. The van der Waals surface area contributed by atoms with Gasteiger partial charge in [0.25, 0.3) is 0 Å². The number of rotatable bonds is 2. The molecule has 2 aromatic heterocycles. The SMILES string of the molecule is CC(NC(=O)n1ccnc1)c1cnn(C)c1. The number of hydrogen-bond acceptors (Lipinski definition) is 3. The Bertz CT molecular complexity index is 473. The second kappa shape index (κ2) is 4.18. The zero-order chi connectivity index (χ0) is 11.5. The first-order valence-corrected chi connectivity index (χ1v) is 4.94. The van der Waals surface area contributed by atoms with Gasteiger partial charge in [0.1, 0.15) is 6.33 Å². The van der Waals surface area contributed by atoms with Gasteiger partial charge in [-0.2, -0.15) is 5.10 Å². The van der Waals surface area contributed by atoms with Gasteiger partial charge >= 0.3 is 6.03 Å². The molecule has 2 rings (SSSR count). The van der Waals surface area contributed by atoms with Crippen LogP contribution in [0.25, 0.3) is 0 Å². The molecule has 1 N–H and O–H groups in total. The minimum Gasteiger partial charge on any atom is -0.331 e. The van der Waals surface area contributed by atoms with Crippen molar-refractivity contribution in [3.63, 3.8) is 0 Å². The van der Waals surface area contributed by atoms with E-state index in [9.17, 15) is 4.79 Å². The highest BCUT2D eigenvalue weighted by Crippen LogP contribution is 2.10. The highest BCUT2D eigenvalue weighted by atomic mass is 16.2. The number of carbonyl (C=O) groups excluding carboxylic acids is 1. The van der Waals surface area contributed by atoms with E-state index >= 15 is 0 Å². The maximum atomic E-state index is 11.7. The molecule has 84 valence electrons. The Kier molecular flexibility index (Phi) is 2.72. The minimum atomic E-state index is -0.200. The molecule has 0 bridgehead atoms. The molecular weight excluding hydrogens is 206 g/mol. The molecule has 16 heavy (non-hydrogen) atoms. The van der Waals surface area contributed by atoms with Gasteiger partial charge in [0.2, 0.25) is 0 Å². The molecule has 0 saturated heterocycles. The van der Waals surface area contributed by atoms with Crippen LogP contribution in [0.1, 0.15) is 18.5 Å². The summed E-state index contributed by atoms with van der Waals surface area (Å²) < 4.78 is 3.10. The van der Waals surface area contributed by atoms with Gasteiger partial charge in [0.05, 0.1) is 12.2 Å². The molecule has 0 aliphatic rings. The summed E-state index contributed by atoms with van der Waals surface area (Å²) in [6, 6.07) is -0.280. The maximum absolute atomic E-state index is 11.7. The van der Waals surface area contributed by atoms with Crippen LogP contribution in [0.15, 0.2) is 31.1 Å². The van der Waals surface area contributed by atoms with E-state index in [1.54, 1.807) is 23.3 Å². The van der Waals surface area contributed by atoms with Crippen LogP contribution < -0.4 is 5.32 Å². The third kappa shape index (κ3) is 2.10. The molecule has 0 saturated carbocycles. The van der Waals surface area contributed by atoms with Crippen molar-refractivity contribution in [3.8, 4) is 0 Å². The van der Waals surface area contributed by atoms with E-state index in [2.05, 4.69) is 15.4 Å². The molecule has 0 spiro atoms. The van der Waals surface area contributed by atoms with Crippen molar-refractivity contribution in [3.05, 3.63) is 36.7 Å². The van der Waals surface area contributed by atoms with E-state index < -0.39 is 0 Å². The molecule has 6 nitrogen and oxygen atoms in total. The number of aromatic nitrogens is 4. The van der Waals surface area contributed by atoms with Gasteiger partial charge in [-0.25, -0.2) is 9.78 Å². The number of aryl methyl sites for hydroxylation is 1. The lowest BCUT2D eigenvalue weighted by Crippen LogP contribution is -2.30. The smallest absolute Gasteiger partial charge is 0.327 e. The summed E-state index contributed by atoms with van der Waals surface area (Å²) in [6.07, 6.45) is 8.24. The molecule has 0 aliphatic heterocycles. The molecule has 0 aliphatic carbocycles. The summed E-state index contributed by atoms with van der Waals surface area (Å²) >= 11 is 0. The predicted molar refractivity (Wildman–Crippen MR) is 57.8 cm³/mol. The number of amides is 1. The quantitative estimate of drug-likeness (QED) is 0.817. The normalized spacial score (nSPS) is 12.4. The van der Waals surface area contributed by atoms with Gasteiger partial charge < -0.3 is 5.32 Å². The van der Waals surface area contributed by atoms with Crippen LogP contribution in [0, 0.1) is 0 Å². The monoisotopic (exact) mass is 219 g/mol. The Morgan fingerprint density at radius 2 is 2.38 bits per heavy atom. The molecule has 1 atom stereocenters. The summed E-state index contributed by atoms with van der Waals surface area (Å²) in [5.74, 6) is 0. The summed E-state index contributed by atoms with van der Waals surface area (Å²) in [4.78, 5) is 15.5. The Morgan fingerprint density at radius 1 is 1.56 bits per heavy atom. The summed E-state index contributed by atoms with van der Waals surface area (Å²) in [5.41, 5.74) is 0.968. The van der Waals surface area contributed by atoms with E-state index in [0.29, 0.717) is 0 Å². The van der Waals surface area contributed by atoms with E-state index in [0.717, 1.165) is 5.56 Å². The molecule has 2 heterocycles. The first-order valence-electron chi connectivity index (χ1n) is 4.94. The van der Waals surface area contributed by atoms with Gasteiger partial charge in [0.15, 0.2) is 0 Å². The van der Waals surface area contributed by atoms with E-state index in [1.165, 1.54) is 10.9 Å². The first-order chi connectivity index (χ1) is 7.66. The third-order valence-corrected chi connectivity index (χ3v) is 2.30. The molecule has 1 amide bonds. The van der Waals surface area contributed by atoms with Crippen LogP contribution in [0.5, 0.6) is 0 Å². The van der Waals surface area contributed by atoms with Crippen LogP contribution >= 0.6 is 0 Å². The Hall–Kier alpha value is -2.11. The van der Waals surface area contributed by atoms with Gasteiger partial charge in [-0.05, 0) is 6.92 Å². The van der Waals surface area contributed by atoms with Crippen molar-refractivity contribution in [1.82, 2.24) is 24.6 Å². The number of carbonyl (C=O) groups is 1. The first kappa shape index (κ1) is 10.4. The molecule has 0 aromatic carbocycles. The van der Waals surface area contributed by atoms with Crippen molar-refractivity contribution >= 4 is 6.03 Å². The zero-order valence-corrected chi connectivity index (χ0v) is 9.16. The lowest BCUT2D eigenvalue weighted by atomic mass is 10.2. The lowest BCUT2D eigenvalue weighted by molar-refractivity contribution is 0.239. The third-order valence-electron chi connectivity index (χ3n) is 2.30. The average molecular weight is 219 g/mol. The average Bonchev–Trinajstić information content (AvgIpc) is 2.87. The van der Waals surface area contributed by atoms with Gasteiger partial charge in [-0.1, -0.05) is 0 Å². The second-order valence-corrected chi connectivity index (χ2v) is 3.59. The zero-order valence-electron chi connectivity index (χ0n) is 9.16. The van der Waals surface area contributed by atoms with Gasteiger partial charge in [0, 0.05) is 31.2 Å². The fraction of sp³-hybridized carbons (Fsp3) is 0.300. The Morgan fingerprint density at radius 3 is 2.94 bits per heavy atom. The Balaban J connectivity index is 2.03. The largest absolute Gasteiger partial charge is 0.331 e. The second-order valence-electron chi connectivity index (χ2n) is 3.59. The van der Waals surface area contributed by atoms with E-state index in [4.69, 9.17) is 0 Å². The van der Waals surface area contributed by atoms with Crippen LogP contribution in [-0.2, 0) is 7.05 Å². The standard InChI is InChI=1S/C10H13N5O/c1-8(9-5-12-14(2)6-9)13-10(16)15-4-3-11-7-15/h3-8H,1-2H3,(H,13,16). The fourth-order valence-electron chi connectivity index (χ4n) is 1.39. The fourth-order valence-corrected chi connectivity index (χ4v) is 1.39. The summed E-state index contributed by atoms with van der Waals surface area (Å²) in [5, 5.41) is 6.90. The van der Waals surface area contributed by atoms with Gasteiger partial charge in [-0.15, -0.1) is 0 Å². The minimum absolute atomic E-state index is 0.0800. The van der Waals surface area contributed by atoms with E-state index in [1.807, 2.05) is 20.2 Å². The van der Waals surface area contributed by atoms with Crippen LogP contribution in [-0.4, -0.2) is 25.4 Å². The van der Waals surface area contributed by atoms with Crippen molar-refractivity contribution < 1.29 is 4.79 Å². The molecule has 0 fully saturated rings. The van der Waals surface area contributed by atoms with Crippen LogP contribution in [0.2, 0.25) is 0 Å². The molecule has 2 aromatic rings. The van der Waals surface area contributed by atoms with Crippen molar-refractivity contribution in [1.29, 1.82) is 0 Å². The molecule has 6 heteroatoms. The maximum Gasteiger partial charge on any atom is 0.327 e. The van der Waals surface area contributed by atoms with E-state index in [-0.39, 0.29) is 12.1 Å². The van der Waals surface area contributed by atoms with Crippen molar-refractivity contribution in [2.24, 2.45) is 7.05 Å². The molecule has 1 unspecified atom stereocenters. The lowest BCUT2D eigenvalue weighted by Gasteiger charge is -2.11. The van der Waals surface area contributed by atoms with Gasteiger partial charge in [-0.3, -0.25) is 9.25 Å². The predicted octanol–water partition coefficient (Wildman–Crippen LogP) is 0.935. The topological polar surface area (TPSA) is 64.7 Å². The van der Waals surface area contributed by atoms with Crippen molar-refractivity contribution in [2.75, 3.05) is 0 Å². The van der Waals surface area contributed by atoms with Crippen molar-refractivity contribution in [2.45, 2.75) is 13.0 Å². The molecular formula is C10H13N5O. The number of imidazole rings is 1. The summed E-state index contributed by atoms with van der Waals surface area (Å²) in [6.45, 7) is 1.91. The summed E-state index contributed by atoms with van der Waals surface area (Å²) in [7, 11) is 1.84. The Labute approximate surface area is 92.9 Å². The number of nitrogens with zero attached hydrogens (tertiary/aromatic N) is 4.